The van der Waals surface area contributed by atoms with Gasteiger partial charge in [0.1, 0.15) is 17.2 Å². The molecule has 1 saturated heterocycles. The molecule has 0 aliphatic carbocycles. The molecule has 1 N–H and O–H groups in total. The monoisotopic (exact) mass is 531 g/mol. The number of likely N-dealkylation sites (tertiary alicyclic amines) is 1. The summed E-state index contributed by atoms with van der Waals surface area (Å²) in [6, 6.07) is 18.0. The second kappa shape index (κ2) is 12.2. The molecule has 4 rings (SSSR count). The fourth-order valence-electron chi connectivity index (χ4n) is 4.19. The number of nitrogens with one attached hydrogen (secondary N) is 1. The average molecular weight is 532 g/mol. The second-order valence-electron chi connectivity index (χ2n) is 9.10. The highest BCUT2D eigenvalue weighted by Gasteiger charge is 2.35. The Labute approximate surface area is 225 Å². The molecule has 1 aliphatic rings. The lowest BCUT2D eigenvalue weighted by atomic mass is 10.0. The van der Waals surface area contributed by atoms with Gasteiger partial charge >= 0.3 is 11.9 Å². The van der Waals surface area contributed by atoms with E-state index in [0.29, 0.717) is 35.4 Å². The van der Waals surface area contributed by atoms with Crippen molar-refractivity contribution in [2.45, 2.75) is 32.8 Å². The fourth-order valence-corrected chi connectivity index (χ4v) is 4.19. The Hall–Kier alpha value is -4.73. The van der Waals surface area contributed by atoms with Crippen LogP contribution in [0.1, 0.15) is 36.3 Å². The number of amides is 2. The van der Waals surface area contributed by atoms with Crippen molar-refractivity contribution in [1.82, 2.24) is 15.4 Å². The van der Waals surface area contributed by atoms with Crippen molar-refractivity contribution in [3.63, 3.8) is 0 Å². The summed E-state index contributed by atoms with van der Waals surface area (Å²) in [6.07, 6.45) is -1.15. The van der Waals surface area contributed by atoms with Crippen LogP contribution in [0, 0.1) is 6.92 Å². The number of methoxy groups -OCH3 is 1. The van der Waals surface area contributed by atoms with Crippen molar-refractivity contribution in [2.24, 2.45) is 0 Å². The Morgan fingerprint density at radius 2 is 1.74 bits per heavy atom. The first-order valence-corrected chi connectivity index (χ1v) is 12.4. The van der Waals surface area contributed by atoms with Crippen LogP contribution < -0.4 is 5.32 Å². The number of nitrogens with zero attached hydrogens (tertiary/aromatic N) is 2. The Morgan fingerprint density at radius 3 is 2.33 bits per heavy atom. The first-order valence-electron chi connectivity index (χ1n) is 12.4. The summed E-state index contributed by atoms with van der Waals surface area (Å²) in [4.78, 5) is 52.8. The number of carbonyl (C=O) groups excluding carboxylic acids is 4. The molecule has 0 bridgehead atoms. The number of esters is 2. The summed E-state index contributed by atoms with van der Waals surface area (Å²) in [5, 5.41) is 6.70. The van der Waals surface area contributed by atoms with Gasteiger partial charge in [-0.1, -0.05) is 65.8 Å². The number of β-lactam (4-membered cyclic amide) rings is 1. The first-order chi connectivity index (χ1) is 18.8. The van der Waals surface area contributed by atoms with Gasteiger partial charge in [0.2, 0.25) is 12.0 Å². The summed E-state index contributed by atoms with van der Waals surface area (Å²) in [5.74, 6) is -2.03. The zero-order valence-electron chi connectivity index (χ0n) is 21.9. The van der Waals surface area contributed by atoms with E-state index in [4.69, 9.17) is 14.0 Å². The third-order valence-corrected chi connectivity index (χ3v) is 6.34. The minimum Gasteiger partial charge on any atom is -0.464 e. The zero-order chi connectivity index (χ0) is 27.9. The number of ether oxygens (including phenoxy) is 2. The van der Waals surface area contributed by atoms with Gasteiger partial charge in [-0.3, -0.25) is 14.4 Å². The molecule has 2 aromatic carbocycles. The van der Waals surface area contributed by atoms with Crippen LogP contribution in [0.15, 0.2) is 76.5 Å². The highest BCUT2D eigenvalue weighted by molar-refractivity contribution is 5.97. The molecule has 2 heterocycles. The van der Waals surface area contributed by atoms with Crippen LogP contribution in [-0.2, 0) is 35.1 Å². The van der Waals surface area contributed by atoms with E-state index >= 15 is 0 Å². The lowest BCUT2D eigenvalue weighted by Crippen LogP contribution is -2.45. The Balaban J connectivity index is 1.69. The van der Waals surface area contributed by atoms with E-state index in [9.17, 15) is 19.2 Å². The smallest absolute Gasteiger partial charge is 0.354 e. The molecule has 2 amide bonds. The van der Waals surface area contributed by atoms with E-state index in [2.05, 4.69) is 10.5 Å². The first kappa shape index (κ1) is 27.3. The number of carbonyl (C=O) groups is 4. The van der Waals surface area contributed by atoms with Crippen molar-refractivity contribution in [3.8, 4) is 11.3 Å². The molecule has 39 heavy (non-hydrogen) atoms. The number of hydrogen-bond acceptors (Lipinski definition) is 8. The molecule has 1 fully saturated rings. The number of hydrogen-bond donors (Lipinski definition) is 1. The van der Waals surface area contributed by atoms with Gasteiger partial charge in [0.05, 0.1) is 19.1 Å². The van der Waals surface area contributed by atoms with Gasteiger partial charge in [0.15, 0.2) is 0 Å². The fraction of sp³-hybridized carbons (Fsp3) is 0.276. The van der Waals surface area contributed by atoms with Crippen molar-refractivity contribution in [3.05, 3.63) is 88.8 Å². The molecular formula is C29H29N3O7. The summed E-state index contributed by atoms with van der Waals surface area (Å²) in [5.41, 5.74) is 2.21. The summed E-state index contributed by atoms with van der Waals surface area (Å²) in [7, 11) is 1.19. The molecule has 202 valence electrons. The van der Waals surface area contributed by atoms with Crippen molar-refractivity contribution in [2.75, 3.05) is 20.2 Å². The molecule has 1 aliphatic heterocycles. The highest BCUT2D eigenvalue weighted by atomic mass is 16.6. The Morgan fingerprint density at radius 1 is 1.08 bits per heavy atom. The molecule has 10 heteroatoms. The lowest BCUT2D eigenvalue weighted by molar-refractivity contribution is -0.155. The highest BCUT2D eigenvalue weighted by Crippen LogP contribution is 2.33. The van der Waals surface area contributed by atoms with E-state index in [1.165, 1.54) is 7.11 Å². The predicted octanol–water partition coefficient (Wildman–Crippen LogP) is 3.27. The van der Waals surface area contributed by atoms with E-state index in [-0.39, 0.29) is 35.9 Å². The molecule has 1 atom stereocenters. The van der Waals surface area contributed by atoms with Crippen LogP contribution in [0.3, 0.4) is 0 Å². The Bertz CT molecular complexity index is 1400. The van der Waals surface area contributed by atoms with Crippen molar-refractivity contribution >= 4 is 23.8 Å². The minimum absolute atomic E-state index is 0.0507. The molecule has 0 spiro atoms. The van der Waals surface area contributed by atoms with Crippen LogP contribution in [0.4, 0.5) is 0 Å². The van der Waals surface area contributed by atoms with Gasteiger partial charge in [0.25, 0.3) is 5.91 Å². The summed E-state index contributed by atoms with van der Waals surface area (Å²) in [6.45, 7) is 3.93. The molecule has 0 saturated carbocycles. The summed E-state index contributed by atoms with van der Waals surface area (Å²) < 4.78 is 16.0. The maximum Gasteiger partial charge on any atom is 0.354 e. The topological polar surface area (TPSA) is 128 Å². The molecule has 1 aromatic heterocycles. The predicted molar refractivity (Wildman–Crippen MR) is 140 cm³/mol. The largest absolute Gasteiger partial charge is 0.464 e. The lowest BCUT2D eigenvalue weighted by Gasteiger charge is -2.31. The van der Waals surface area contributed by atoms with Crippen molar-refractivity contribution < 1.29 is 33.2 Å². The van der Waals surface area contributed by atoms with Crippen LogP contribution in [0.5, 0.6) is 0 Å². The molecule has 1 unspecified atom stereocenters. The number of benzene rings is 2. The van der Waals surface area contributed by atoms with E-state index in [0.717, 1.165) is 0 Å². The zero-order valence-corrected chi connectivity index (χ0v) is 21.9. The molecular weight excluding hydrogens is 502 g/mol. The molecule has 0 radical (unpaired) electrons. The SMILES string of the molecule is COC(=O)C(NC(=O)C(OC(=O)Cc1ccccc1)c1c(-c2ccccc2)noc1C)=C(C)CN1CCC1=O. The maximum absolute atomic E-state index is 13.8. The molecule has 10 nitrogen and oxygen atoms in total. The van der Waals surface area contributed by atoms with Gasteiger partial charge in [-0.15, -0.1) is 0 Å². The molecule has 3 aromatic rings. The van der Waals surface area contributed by atoms with Gasteiger partial charge in [0, 0.05) is 25.1 Å². The van der Waals surface area contributed by atoms with Crippen LogP contribution in [0.2, 0.25) is 0 Å². The standard InChI is InChI=1S/C29H29N3O7/c1-18(17-32-15-14-22(32)33)25(29(36)37-3)30-28(35)27(38-23(34)16-20-10-6-4-7-11-20)24-19(2)39-31-26(24)21-12-8-5-9-13-21/h4-13,27H,14-17H2,1-3H3,(H,30,35). The van der Waals surface area contributed by atoms with Crippen LogP contribution in [-0.4, -0.2) is 54.0 Å². The third kappa shape index (κ3) is 6.40. The van der Waals surface area contributed by atoms with Gasteiger partial charge < -0.3 is 24.2 Å². The van der Waals surface area contributed by atoms with Gasteiger partial charge in [-0.2, -0.15) is 0 Å². The van der Waals surface area contributed by atoms with Crippen LogP contribution >= 0.6 is 0 Å². The quantitative estimate of drug-likeness (QED) is 0.240. The van der Waals surface area contributed by atoms with E-state index in [1.54, 1.807) is 67.3 Å². The number of aryl methyl sites for hydroxylation is 1. The summed E-state index contributed by atoms with van der Waals surface area (Å²) >= 11 is 0. The Kier molecular flexibility index (Phi) is 8.55. The average Bonchev–Trinajstić information content (AvgIpc) is 3.33. The normalized spacial score (nSPS) is 14.1. The third-order valence-electron chi connectivity index (χ3n) is 6.34. The maximum atomic E-state index is 13.8. The van der Waals surface area contributed by atoms with Crippen LogP contribution in [0.25, 0.3) is 11.3 Å². The van der Waals surface area contributed by atoms with E-state index in [1.807, 2.05) is 12.1 Å². The number of rotatable bonds is 10. The second-order valence-corrected chi connectivity index (χ2v) is 9.10. The van der Waals surface area contributed by atoms with Gasteiger partial charge in [-0.05, 0) is 25.0 Å². The minimum atomic E-state index is -1.50. The van der Waals surface area contributed by atoms with E-state index < -0.39 is 23.9 Å². The number of aromatic nitrogens is 1. The van der Waals surface area contributed by atoms with Crippen molar-refractivity contribution in [1.29, 1.82) is 0 Å². The van der Waals surface area contributed by atoms with Gasteiger partial charge in [-0.25, -0.2) is 4.79 Å².